The first-order valence-corrected chi connectivity index (χ1v) is 8.29. The van der Waals surface area contributed by atoms with Crippen molar-refractivity contribution in [3.05, 3.63) is 30.3 Å². The van der Waals surface area contributed by atoms with Crippen molar-refractivity contribution in [1.82, 2.24) is 5.32 Å². The smallest absolute Gasteiger partial charge is 0.308 e. The fraction of sp³-hybridized carbons (Fsp3) is 0.429. The number of hydrogen-bond acceptors (Lipinski definition) is 4. The summed E-state index contributed by atoms with van der Waals surface area (Å²) in [5.74, 6) is -2.39. The van der Waals surface area contributed by atoms with Crippen LogP contribution in [-0.4, -0.2) is 37.7 Å². The monoisotopic (exact) mass is 313 g/mol. The molecule has 116 valence electrons. The fourth-order valence-corrected chi connectivity index (χ4v) is 2.97. The van der Waals surface area contributed by atoms with Crippen molar-refractivity contribution < 1.29 is 23.1 Å². The molecule has 1 unspecified atom stereocenters. The second-order valence-electron chi connectivity index (χ2n) is 4.63. The first kappa shape index (κ1) is 17.2. The molecule has 0 heterocycles. The van der Waals surface area contributed by atoms with Gasteiger partial charge in [-0.05, 0) is 18.6 Å². The lowest BCUT2D eigenvalue weighted by atomic mass is 10.1. The van der Waals surface area contributed by atoms with Crippen LogP contribution in [-0.2, 0) is 19.4 Å². The summed E-state index contributed by atoms with van der Waals surface area (Å²) in [4.78, 5) is 22.6. The summed E-state index contributed by atoms with van der Waals surface area (Å²) >= 11 is 0. The third kappa shape index (κ3) is 5.55. The predicted molar refractivity (Wildman–Crippen MR) is 77.5 cm³/mol. The lowest BCUT2D eigenvalue weighted by molar-refractivity contribution is -0.141. The number of sulfone groups is 1. The number of carbonyl (C=O) groups is 2. The number of carboxylic acid groups (broad SMARTS) is 1. The van der Waals surface area contributed by atoms with E-state index in [0.29, 0.717) is 6.42 Å². The first-order chi connectivity index (χ1) is 9.86. The molecule has 0 fully saturated rings. The van der Waals surface area contributed by atoms with E-state index in [1.807, 2.05) is 0 Å². The molecule has 0 aliphatic carbocycles. The van der Waals surface area contributed by atoms with Gasteiger partial charge in [0.15, 0.2) is 9.84 Å². The average Bonchev–Trinajstić information content (AvgIpc) is 2.46. The highest BCUT2D eigenvalue weighted by Crippen LogP contribution is 2.11. The molecule has 1 aromatic rings. The number of hydrogen-bond donors (Lipinski definition) is 2. The Morgan fingerprint density at radius 2 is 1.86 bits per heavy atom. The topological polar surface area (TPSA) is 101 Å². The van der Waals surface area contributed by atoms with Gasteiger partial charge in [-0.1, -0.05) is 25.1 Å². The summed E-state index contributed by atoms with van der Waals surface area (Å²) in [5.41, 5.74) is 0. The quantitative estimate of drug-likeness (QED) is 0.748. The highest BCUT2D eigenvalue weighted by atomic mass is 32.2. The van der Waals surface area contributed by atoms with Gasteiger partial charge in [0.05, 0.1) is 16.6 Å². The highest BCUT2D eigenvalue weighted by molar-refractivity contribution is 7.91. The van der Waals surface area contributed by atoms with E-state index in [0.717, 1.165) is 0 Å². The van der Waals surface area contributed by atoms with Crippen LogP contribution in [0.2, 0.25) is 0 Å². The summed E-state index contributed by atoms with van der Waals surface area (Å²) in [6, 6.07) is 7.90. The van der Waals surface area contributed by atoms with Crippen LogP contribution < -0.4 is 5.32 Å². The Balaban J connectivity index is 2.48. The number of nitrogens with one attached hydrogen (secondary N) is 1. The minimum absolute atomic E-state index is 0.00997. The van der Waals surface area contributed by atoms with Crippen molar-refractivity contribution in [1.29, 1.82) is 0 Å². The maximum absolute atomic E-state index is 12.0. The molecule has 1 atom stereocenters. The second-order valence-corrected chi connectivity index (χ2v) is 6.74. The molecule has 7 heteroatoms. The molecule has 0 saturated heterocycles. The van der Waals surface area contributed by atoms with Crippen LogP contribution in [0.15, 0.2) is 35.2 Å². The minimum Gasteiger partial charge on any atom is -0.481 e. The average molecular weight is 313 g/mol. The maximum atomic E-state index is 12.0. The Morgan fingerprint density at radius 1 is 1.24 bits per heavy atom. The highest BCUT2D eigenvalue weighted by Gasteiger charge is 2.18. The Hall–Kier alpha value is -1.89. The zero-order chi connectivity index (χ0) is 15.9. The molecular weight excluding hydrogens is 294 g/mol. The van der Waals surface area contributed by atoms with E-state index in [4.69, 9.17) is 5.11 Å². The Morgan fingerprint density at radius 3 is 2.38 bits per heavy atom. The number of carboxylic acids is 1. The van der Waals surface area contributed by atoms with Crippen molar-refractivity contribution in [2.45, 2.75) is 24.7 Å². The summed E-state index contributed by atoms with van der Waals surface area (Å²) < 4.78 is 23.9. The summed E-state index contributed by atoms with van der Waals surface area (Å²) in [7, 11) is -3.49. The van der Waals surface area contributed by atoms with Gasteiger partial charge in [-0.3, -0.25) is 9.59 Å². The number of carbonyl (C=O) groups excluding carboxylic acids is 1. The Labute approximate surface area is 124 Å². The van der Waals surface area contributed by atoms with Crippen LogP contribution in [0.5, 0.6) is 0 Å². The van der Waals surface area contributed by atoms with Gasteiger partial charge in [-0.2, -0.15) is 0 Å². The molecule has 0 aromatic heterocycles. The maximum Gasteiger partial charge on any atom is 0.308 e. The standard InChI is InChI=1S/C14H19NO5S/c1-2-11(14(17)18)10-15-13(16)8-9-21(19,20)12-6-4-3-5-7-12/h3-7,11H,2,8-10H2,1H3,(H,15,16)(H,17,18). The van der Waals surface area contributed by atoms with Gasteiger partial charge in [0.1, 0.15) is 0 Å². The summed E-state index contributed by atoms with van der Waals surface area (Å²) in [6.07, 6.45) is 0.214. The van der Waals surface area contributed by atoms with E-state index in [2.05, 4.69) is 5.32 Å². The second kappa shape index (κ2) is 7.78. The molecule has 0 aliphatic rings. The van der Waals surface area contributed by atoms with E-state index in [9.17, 15) is 18.0 Å². The molecule has 6 nitrogen and oxygen atoms in total. The van der Waals surface area contributed by atoms with Crippen molar-refractivity contribution in [3.8, 4) is 0 Å². The zero-order valence-electron chi connectivity index (χ0n) is 11.8. The molecule has 0 saturated carbocycles. The molecule has 0 bridgehead atoms. The van der Waals surface area contributed by atoms with Gasteiger partial charge in [0.25, 0.3) is 0 Å². The largest absolute Gasteiger partial charge is 0.481 e. The van der Waals surface area contributed by atoms with Gasteiger partial charge in [-0.25, -0.2) is 8.42 Å². The summed E-state index contributed by atoms with van der Waals surface area (Å²) in [5, 5.41) is 11.3. The van der Waals surface area contributed by atoms with Crippen molar-refractivity contribution >= 4 is 21.7 Å². The van der Waals surface area contributed by atoms with Gasteiger partial charge in [0.2, 0.25) is 5.91 Å². The number of amides is 1. The van der Waals surface area contributed by atoms with E-state index in [1.165, 1.54) is 12.1 Å². The van der Waals surface area contributed by atoms with E-state index in [-0.39, 0.29) is 23.6 Å². The lowest BCUT2D eigenvalue weighted by Gasteiger charge is -2.11. The number of aliphatic carboxylic acids is 1. The molecule has 1 amide bonds. The molecule has 0 aliphatic heterocycles. The van der Waals surface area contributed by atoms with Crippen LogP contribution >= 0.6 is 0 Å². The molecule has 1 rings (SSSR count). The predicted octanol–water partition coefficient (Wildman–Crippen LogP) is 1.08. The van der Waals surface area contributed by atoms with Crippen LogP contribution in [0, 0.1) is 5.92 Å². The van der Waals surface area contributed by atoms with E-state index in [1.54, 1.807) is 25.1 Å². The number of benzene rings is 1. The third-order valence-corrected chi connectivity index (χ3v) is 4.82. The molecule has 21 heavy (non-hydrogen) atoms. The Bertz CT molecular complexity index is 583. The van der Waals surface area contributed by atoms with Gasteiger partial charge in [-0.15, -0.1) is 0 Å². The zero-order valence-corrected chi connectivity index (χ0v) is 12.6. The minimum atomic E-state index is -3.49. The third-order valence-electron chi connectivity index (χ3n) is 3.09. The van der Waals surface area contributed by atoms with Gasteiger partial charge in [0, 0.05) is 13.0 Å². The lowest BCUT2D eigenvalue weighted by Crippen LogP contribution is -2.33. The molecule has 1 aromatic carbocycles. The van der Waals surface area contributed by atoms with E-state index >= 15 is 0 Å². The van der Waals surface area contributed by atoms with Crippen LogP contribution in [0.25, 0.3) is 0 Å². The Kier molecular flexibility index (Phi) is 6.36. The first-order valence-electron chi connectivity index (χ1n) is 6.64. The van der Waals surface area contributed by atoms with E-state index < -0.39 is 27.6 Å². The van der Waals surface area contributed by atoms with Crippen molar-refractivity contribution in [2.75, 3.05) is 12.3 Å². The molecular formula is C14H19NO5S. The van der Waals surface area contributed by atoms with Gasteiger partial charge < -0.3 is 10.4 Å². The fourth-order valence-electron chi connectivity index (χ4n) is 1.70. The number of rotatable bonds is 8. The van der Waals surface area contributed by atoms with Crippen LogP contribution in [0.3, 0.4) is 0 Å². The normalized spacial score (nSPS) is 12.6. The molecule has 0 spiro atoms. The van der Waals surface area contributed by atoms with Crippen molar-refractivity contribution in [3.63, 3.8) is 0 Å². The van der Waals surface area contributed by atoms with Crippen LogP contribution in [0.1, 0.15) is 19.8 Å². The molecule has 2 N–H and O–H groups in total. The summed E-state index contributed by atoms with van der Waals surface area (Å²) in [6.45, 7) is 1.72. The van der Waals surface area contributed by atoms with Crippen molar-refractivity contribution in [2.24, 2.45) is 5.92 Å². The van der Waals surface area contributed by atoms with Crippen LogP contribution in [0.4, 0.5) is 0 Å². The van der Waals surface area contributed by atoms with Gasteiger partial charge >= 0.3 is 5.97 Å². The molecule has 0 radical (unpaired) electrons. The SMILES string of the molecule is CCC(CNC(=O)CCS(=O)(=O)c1ccccc1)C(=O)O.